The van der Waals surface area contributed by atoms with E-state index in [4.69, 9.17) is 9.47 Å². The summed E-state index contributed by atoms with van der Waals surface area (Å²) in [6.45, 7) is 2.20. The summed E-state index contributed by atoms with van der Waals surface area (Å²) < 4.78 is 26.4. The molecule has 1 aromatic heterocycles. The lowest BCUT2D eigenvalue weighted by Gasteiger charge is -2.11. The zero-order valence-electron chi connectivity index (χ0n) is 18.9. The summed E-state index contributed by atoms with van der Waals surface area (Å²) in [4.78, 5) is 12.6. The van der Waals surface area contributed by atoms with Crippen LogP contribution in [0, 0.1) is 5.82 Å². The Labute approximate surface area is 191 Å². The number of aromatic hydroxyl groups is 1. The summed E-state index contributed by atoms with van der Waals surface area (Å²) in [5.74, 6) is -0.0500. The molecular formula is C26H25FN2O4. The van der Waals surface area contributed by atoms with E-state index in [-0.39, 0.29) is 35.5 Å². The van der Waals surface area contributed by atoms with Crippen LogP contribution in [0.3, 0.4) is 0 Å². The molecule has 0 saturated heterocycles. The molecule has 2 N–H and O–H groups in total. The predicted octanol–water partition coefficient (Wildman–Crippen LogP) is 4.64. The third-order valence-electron chi connectivity index (χ3n) is 5.87. The van der Waals surface area contributed by atoms with Crippen LogP contribution < -0.4 is 14.8 Å². The van der Waals surface area contributed by atoms with Crippen molar-refractivity contribution in [1.82, 2.24) is 9.88 Å². The Morgan fingerprint density at radius 3 is 2.42 bits per heavy atom. The third kappa shape index (κ3) is 4.09. The van der Waals surface area contributed by atoms with E-state index in [0.717, 1.165) is 33.4 Å². The maximum atomic E-state index is 14.1. The van der Waals surface area contributed by atoms with Crippen LogP contribution in [-0.2, 0) is 7.05 Å². The number of nitrogens with one attached hydrogen (secondary N) is 1. The smallest absolute Gasteiger partial charge is 0.268 e. The van der Waals surface area contributed by atoms with Crippen LogP contribution in [0.5, 0.6) is 17.2 Å². The molecule has 7 heteroatoms. The molecule has 0 bridgehead atoms. The van der Waals surface area contributed by atoms with E-state index in [1.54, 1.807) is 48.1 Å². The van der Waals surface area contributed by atoms with Crippen LogP contribution in [0.25, 0.3) is 17.2 Å². The molecule has 2 aromatic carbocycles. The van der Waals surface area contributed by atoms with Gasteiger partial charge in [0, 0.05) is 19.8 Å². The van der Waals surface area contributed by atoms with E-state index in [2.05, 4.69) is 5.32 Å². The molecule has 33 heavy (non-hydrogen) atoms. The Morgan fingerprint density at radius 2 is 1.82 bits per heavy atom. The van der Waals surface area contributed by atoms with Crippen molar-refractivity contribution in [2.45, 2.75) is 6.92 Å². The van der Waals surface area contributed by atoms with Crippen LogP contribution in [-0.4, -0.2) is 36.3 Å². The Hall–Kier alpha value is -4.00. The fourth-order valence-corrected chi connectivity index (χ4v) is 4.10. The van der Waals surface area contributed by atoms with Gasteiger partial charge in [0.05, 0.1) is 14.2 Å². The average molecular weight is 448 g/mol. The van der Waals surface area contributed by atoms with Crippen LogP contribution >= 0.6 is 0 Å². The van der Waals surface area contributed by atoms with E-state index in [0.29, 0.717) is 5.69 Å². The van der Waals surface area contributed by atoms with Crippen molar-refractivity contribution in [3.8, 4) is 17.2 Å². The standard InChI is InChI=1S/C26H25FN2O4/c1-15-19(10-16-11-23(32-3)25(30)24(12-16)33-4)18-8-7-17(27)13-20(18)21(15)14-28-26(31)22-6-5-9-29(22)2/h5-13,30H,14H2,1-4H3,(H,28,31). The maximum Gasteiger partial charge on any atom is 0.268 e. The number of halogens is 1. The first-order valence-electron chi connectivity index (χ1n) is 10.4. The molecular weight excluding hydrogens is 423 g/mol. The zero-order chi connectivity index (χ0) is 23.7. The lowest BCUT2D eigenvalue weighted by atomic mass is 10.00. The number of aromatic nitrogens is 1. The molecule has 0 atom stereocenters. The van der Waals surface area contributed by atoms with Gasteiger partial charge in [0.1, 0.15) is 11.5 Å². The maximum absolute atomic E-state index is 14.1. The number of phenols is 1. The number of hydrogen-bond donors (Lipinski definition) is 2. The molecule has 1 aliphatic rings. The van der Waals surface area contributed by atoms with Gasteiger partial charge < -0.3 is 24.5 Å². The van der Waals surface area contributed by atoms with Crippen LogP contribution in [0.4, 0.5) is 4.39 Å². The highest BCUT2D eigenvalue weighted by atomic mass is 19.1. The summed E-state index contributed by atoms with van der Waals surface area (Å²) >= 11 is 0. The van der Waals surface area contributed by atoms with Gasteiger partial charge in [-0.25, -0.2) is 4.39 Å². The van der Waals surface area contributed by atoms with Gasteiger partial charge in [0.25, 0.3) is 5.91 Å². The highest BCUT2D eigenvalue weighted by molar-refractivity contribution is 6.06. The number of phenolic OH excluding ortho intramolecular Hbond substituents is 1. The van der Waals surface area contributed by atoms with Crippen molar-refractivity contribution >= 4 is 23.1 Å². The Bertz CT molecular complexity index is 1280. The highest BCUT2D eigenvalue weighted by Crippen LogP contribution is 2.44. The number of fused-ring (bicyclic) bond motifs is 1. The van der Waals surface area contributed by atoms with Crippen molar-refractivity contribution in [3.05, 3.63) is 82.4 Å². The van der Waals surface area contributed by atoms with Gasteiger partial charge in [0.15, 0.2) is 11.5 Å². The van der Waals surface area contributed by atoms with Crippen molar-refractivity contribution in [2.75, 3.05) is 20.8 Å². The Kier molecular flexibility index (Phi) is 5.96. The number of methoxy groups -OCH3 is 2. The predicted molar refractivity (Wildman–Crippen MR) is 126 cm³/mol. The zero-order valence-corrected chi connectivity index (χ0v) is 18.9. The van der Waals surface area contributed by atoms with E-state index in [1.807, 2.05) is 13.0 Å². The topological polar surface area (TPSA) is 72.7 Å². The lowest BCUT2D eigenvalue weighted by molar-refractivity contribution is 0.0950. The third-order valence-corrected chi connectivity index (χ3v) is 5.87. The first kappa shape index (κ1) is 22.2. The summed E-state index contributed by atoms with van der Waals surface area (Å²) in [5.41, 5.74) is 5.56. The normalized spacial score (nSPS) is 13.9. The van der Waals surface area contributed by atoms with Crippen molar-refractivity contribution < 1.29 is 23.8 Å². The largest absolute Gasteiger partial charge is 0.502 e. The van der Waals surface area contributed by atoms with E-state index in [1.165, 1.54) is 26.4 Å². The number of amides is 1. The molecule has 4 rings (SSSR count). The van der Waals surface area contributed by atoms with E-state index < -0.39 is 0 Å². The number of carbonyl (C=O) groups is 1. The molecule has 6 nitrogen and oxygen atoms in total. The molecule has 3 aromatic rings. The van der Waals surface area contributed by atoms with Gasteiger partial charge >= 0.3 is 0 Å². The summed E-state index contributed by atoms with van der Waals surface area (Å²) in [6, 6.07) is 11.6. The molecule has 0 fully saturated rings. The number of ether oxygens (including phenoxy) is 2. The highest BCUT2D eigenvalue weighted by Gasteiger charge is 2.25. The summed E-state index contributed by atoms with van der Waals surface area (Å²) in [5, 5.41) is 13.2. The molecule has 0 saturated carbocycles. The first-order valence-corrected chi connectivity index (χ1v) is 10.4. The van der Waals surface area contributed by atoms with Gasteiger partial charge in [-0.3, -0.25) is 4.79 Å². The quantitative estimate of drug-likeness (QED) is 0.576. The molecule has 0 spiro atoms. The fourth-order valence-electron chi connectivity index (χ4n) is 4.10. The average Bonchev–Trinajstić information content (AvgIpc) is 3.34. The number of benzene rings is 2. The van der Waals surface area contributed by atoms with Crippen molar-refractivity contribution in [1.29, 1.82) is 0 Å². The van der Waals surface area contributed by atoms with Crippen LogP contribution in [0.2, 0.25) is 0 Å². The van der Waals surface area contributed by atoms with Crippen molar-refractivity contribution in [2.24, 2.45) is 7.05 Å². The minimum Gasteiger partial charge on any atom is -0.502 e. The molecule has 1 aliphatic carbocycles. The SMILES string of the molecule is COc1cc(C=C2C(C)=C(CNC(=O)c3cccn3C)c3cc(F)ccc32)cc(OC)c1O. The van der Waals surface area contributed by atoms with Gasteiger partial charge in [-0.15, -0.1) is 0 Å². The molecule has 0 radical (unpaired) electrons. The Morgan fingerprint density at radius 1 is 1.12 bits per heavy atom. The summed E-state index contributed by atoms with van der Waals surface area (Å²) in [7, 11) is 4.75. The second-order valence-corrected chi connectivity index (χ2v) is 7.81. The van der Waals surface area contributed by atoms with Crippen LogP contribution in [0.15, 0.2) is 54.2 Å². The first-order chi connectivity index (χ1) is 15.8. The van der Waals surface area contributed by atoms with Gasteiger partial charge in [-0.1, -0.05) is 6.07 Å². The summed E-state index contributed by atoms with van der Waals surface area (Å²) in [6.07, 6.45) is 3.74. The lowest BCUT2D eigenvalue weighted by Crippen LogP contribution is -2.27. The molecule has 1 heterocycles. The van der Waals surface area contributed by atoms with Crippen molar-refractivity contribution in [3.63, 3.8) is 0 Å². The minimum atomic E-state index is -0.345. The number of nitrogens with zero attached hydrogens (tertiary/aromatic N) is 1. The number of allylic oxidation sites excluding steroid dienone is 2. The van der Waals surface area contributed by atoms with Gasteiger partial charge in [-0.05, 0) is 82.8 Å². The van der Waals surface area contributed by atoms with Gasteiger partial charge in [-0.2, -0.15) is 0 Å². The second kappa shape index (κ2) is 8.86. The number of hydrogen-bond acceptors (Lipinski definition) is 4. The van der Waals surface area contributed by atoms with E-state index >= 15 is 0 Å². The number of aryl methyl sites for hydroxylation is 1. The van der Waals surface area contributed by atoms with Gasteiger partial charge in [0.2, 0.25) is 5.75 Å². The fraction of sp³-hybridized carbons (Fsp3) is 0.192. The minimum absolute atomic E-state index is 0.0765. The second-order valence-electron chi connectivity index (χ2n) is 7.81. The van der Waals surface area contributed by atoms with E-state index in [9.17, 15) is 14.3 Å². The Balaban J connectivity index is 1.74. The monoisotopic (exact) mass is 448 g/mol. The molecule has 170 valence electrons. The molecule has 1 amide bonds. The number of carbonyl (C=O) groups excluding carboxylic acids is 1. The molecule has 0 unspecified atom stereocenters. The van der Waals surface area contributed by atoms with Crippen LogP contribution in [0.1, 0.15) is 34.1 Å². The number of rotatable bonds is 6. The molecule has 0 aliphatic heterocycles.